The van der Waals surface area contributed by atoms with Gasteiger partial charge in [0.25, 0.3) is 0 Å². The molecule has 2 unspecified atom stereocenters. The van der Waals surface area contributed by atoms with E-state index in [1.807, 2.05) is 20.8 Å². The normalized spacial score (nSPS) is 26.1. The average molecular weight is 200 g/mol. The van der Waals surface area contributed by atoms with Crippen LogP contribution in [-0.2, 0) is 14.3 Å². The van der Waals surface area contributed by atoms with Crippen LogP contribution < -0.4 is 0 Å². The van der Waals surface area contributed by atoms with Gasteiger partial charge in [0, 0.05) is 19.1 Å². The number of hydrogen-bond donors (Lipinski definition) is 0. The van der Waals surface area contributed by atoms with E-state index in [1.54, 1.807) is 0 Å². The zero-order valence-electron chi connectivity index (χ0n) is 9.34. The summed E-state index contributed by atoms with van der Waals surface area (Å²) in [4.78, 5) is 12.1. The molecular weight excluding hydrogens is 180 g/mol. The zero-order valence-corrected chi connectivity index (χ0v) is 9.34. The fraction of sp³-hybridized carbons (Fsp3) is 0.909. The maximum absolute atomic E-state index is 12.1. The molecule has 3 heteroatoms. The second-order valence-corrected chi connectivity index (χ2v) is 3.94. The van der Waals surface area contributed by atoms with E-state index in [0.29, 0.717) is 19.8 Å². The van der Waals surface area contributed by atoms with Gasteiger partial charge in [0.2, 0.25) is 0 Å². The molecule has 0 N–H and O–H groups in total. The fourth-order valence-electron chi connectivity index (χ4n) is 1.84. The number of Topliss-reactive ketones (excluding diaryl/α,β-unsaturated/α-hetero) is 1. The number of hydrogen-bond acceptors (Lipinski definition) is 3. The highest BCUT2D eigenvalue weighted by Gasteiger charge is 2.38. The molecule has 1 fully saturated rings. The molecule has 0 radical (unpaired) electrons. The van der Waals surface area contributed by atoms with E-state index < -0.39 is 5.60 Å². The summed E-state index contributed by atoms with van der Waals surface area (Å²) in [7, 11) is 0. The third-order valence-electron chi connectivity index (χ3n) is 2.96. The molecule has 0 saturated carbocycles. The molecule has 0 bridgehead atoms. The molecule has 0 amide bonds. The van der Waals surface area contributed by atoms with E-state index in [2.05, 4.69) is 0 Å². The molecule has 2 atom stereocenters. The van der Waals surface area contributed by atoms with Crippen LogP contribution in [0.2, 0.25) is 0 Å². The quantitative estimate of drug-likeness (QED) is 0.678. The Morgan fingerprint density at radius 1 is 1.57 bits per heavy atom. The van der Waals surface area contributed by atoms with Crippen molar-refractivity contribution in [3.63, 3.8) is 0 Å². The summed E-state index contributed by atoms with van der Waals surface area (Å²) in [6.45, 7) is 7.67. The van der Waals surface area contributed by atoms with Gasteiger partial charge in [0.15, 0.2) is 5.78 Å². The Kier molecular flexibility index (Phi) is 4.08. The smallest absolute Gasteiger partial charge is 0.169 e. The van der Waals surface area contributed by atoms with Crippen LogP contribution >= 0.6 is 0 Å². The Hall–Kier alpha value is -0.410. The lowest BCUT2D eigenvalue weighted by Gasteiger charge is -2.28. The van der Waals surface area contributed by atoms with Crippen molar-refractivity contribution < 1.29 is 14.3 Å². The SMILES string of the molecule is CCOC(C)(CC)C(=O)C1CCOC1. The minimum atomic E-state index is -0.604. The molecule has 0 spiro atoms. The molecule has 82 valence electrons. The fourth-order valence-corrected chi connectivity index (χ4v) is 1.84. The minimum Gasteiger partial charge on any atom is -0.381 e. The van der Waals surface area contributed by atoms with Crippen LogP contribution in [0, 0.1) is 5.92 Å². The highest BCUT2D eigenvalue weighted by atomic mass is 16.5. The van der Waals surface area contributed by atoms with Gasteiger partial charge in [-0.2, -0.15) is 0 Å². The molecule has 0 aliphatic carbocycles. The van der Waals surface area contributed by atoms with E-state index in [9.17, 15) is 4.79 Å². The third kappa shape index (κ3) is 2.34. The van der Waals surface area contributed by atoms with Crippen LogP contribution in [0.1, 0.15) is 33.6 Å². The van der Waals surface area contributed by atoms with Gasteiger partial charge in [-0.25, -0.2) is 0 Å². The highest BCUT2D eigenvalue weighted by Crippen LogP contribution is 2.25. The molecule has 1 saturated heterocycles. The van der Waals surface area contributed by atoms with Gasteiger partial charge < -0.3 is 9.47 Å². The molecule has 1 aliphatic rings. The number of rotatable bonds is 5. The van der Waals surface area contributed by atoms with Crippen LogP contribution in [0.5, 0.6) is 0 Å². The van der Waals surface area contributed by atoms with Gasteiger partial charge in [-0.15, -0.1) is 0 Å². The van der Waals surface area contributed by atoms with Crippen molar-refractivity contribution in [2.24, 2.45) is 5.92 Å². The van der Waals surface area contributed by atoms with Crippen LogP contribution in [0.25, 0.3) is 0 Å². The van der Waals surface area contributed by atoms with Crippen molar-refractivity contribution in [2.75, 3.05) is 19.8 Å². The molecular formula is C11H20O3. The first kappa shape index (κ1) is 11.7. The number of carbonyl (C=O) groups excluding carboxylic acids is 1. The average Bonchev–Trinajstić information content (AvgIpc) is 2.69. The molecule has 1 rings (SSSR count). The number of carbonyl (C=O) groups is 1. The predicted octanol–water partition coefficient (Wildman–Crippen LogP) is 1.80. The Morgan fingerprint density at radius 3 is 2.71 bits per heavy atom. The van der Waals surface area contributed by atoms with E-state index in [0.717, 1.165) is 12.8 Å². The Morgan fingerprint density at radius 2 is 2.29 bits per heavy atom. The predicted molar refractivity (Wildman–Crippen MR) is 54.3 cm³/mol. The van der Waals surface area contributed by atoms with E-state index in [4.69, 9.17) is 9.47 Å². The molecule has 1 aliphatic heterocycles. The standard InChI is InChI=1S/C11H20O3/c1-4-11(3,14-5-2)10(12)9-6-7-13-8-9/h9H,4-8H2,1-3H3. The van der Waals surface area contributed by atoms with Crippen LogP contribution in [0.15, 0.2) is 0 Å². The van der Waals surface area contributed by atoms with Crippen molar-refractivity contribution in [2.45, 2.75) is 39.2 Å². The Balaban J connectivity index is 2.62. The lowest BCUT2D eigenvalue weighted by atomic mass is 9.87. The van der Waals surface area contributed by atoms with Gasteiger partial charge in [-0.3, -0.25) is 4.79 Å². The zero-order chi connectivity index (χ0) is 10.6. The first-order valence-corrected chi connectivity index (χ1v) is 5.40. The molecule has 3 nitrogen and oxygen atoms in total. The topological polar surface area (TPSA) is 35.5 Å². The van der Waals surface area contributed by atoms with Gasteiger partial charge in [0.1, 0.15) is 5.60 Å². The van der Waals surface area contributed by atoms with Crippen molar-refractivity contribution >= 4 is 5.78 Å². The van der Waals surface area contributed by atoms with E-state index in [1.165, 1.54) is 0 Å². The Labute approximate surface area is 85.8 Å². The van der Waals surface area contributed by atoms with Crippen molar-refractivity contribution in [3.05, 3.63) is 0 Å². The monoisotopic (exact) mass is 200 g/mol. The largest absolute Gasteiger partial charge is 0.381 e. The molecule has 0 aromatic rings. The van der Waals surface area contributed by atoms with Crippen LogP contribution in [0.4, 0.5) is 0 Å². The van der Waals surface area contributed by atoms with Crippen molar-refractivity contribution in [1.29, 1.82) is 0 Å². The van der Waals surface area contributed by atoms with Crippen molar-refractivity contribution in [3.8, 4) is 0 Å². The van der Waals surface area contributed by atoms with Crippen LogP contribution in [0.3, 0.4) is 0 Å². The maximum Gasteiger partial charge on any atom is 0.169 e. The van der Waals surface area contributed by atoms with E-state index in [-0.39, 0.29) is 11.7 Å². The summed E-state index contributed by atoms with van der Waals surface area (Å²) in [6.07, 6.45) is 1.58. The number of ether oxygens (including phenoxy) is 2. The summed E-state index contributed by atoms with van der Waals surface area (Å²) in [5.74, 6) is 0.255. The van der Waals surface area contributed by atoms with E-state index >= 15 is 0 Å². The second kappa shape index (κ2) is 4.89. The van der Waals surface area contributed by atoms with Crippen molar-refractivity contribution in [1.82, 2.24) is 0 Å². The first-order chi connectivity index (χ1) is 6.64. The van der Waals surface area contributed by atoms with Gasteiger partial charge in [0.05, 0.1) is 6.61 Å². The molecule has 0 aromatic carbocycles. The molecule has 0 aromatic heterocycles. The summed E-state index contributed by atoms with van der Waals surface area (Å²) >= 11 is 0. The summed E-state index contributed by atoms with van der Waals surface area (Å²) < 4.78 is 10.8. The first-order valence-electron chi connectivity index (χ1n) is 5.40. The van der Waals surface area contributed by atoms with Crippen LogP contribution in [-0.4, -0.2) is 31.2 Å². The third-order valence-corrected chi connectivity index (χ3v) is 2.96. The van der Waals surface area contributed by atoms with Gasteiger partial charge >= 0.3 is 0 Å². The number of ketones is 1. The minimum absolute atomic E-state index is 0.0477. The van der Waals surface area contributed by atoms with Gasteiger partial charge in [-0.1, -0.05) is 6.92 Å². The highest BCUT2D eigenvalue weighted by molar-refractivity contribution is 5.89. The lowest BCUT2D eigenvalue weighted by molar-refractivity contribution is -0.146. The summed E-state index contributed by atoms with van der Waals surface area (Å²) in [6, 6.07) is 0. The van der Waals surface area contributed by atoms with Gasteiger partial charge in [-0.05, 0) is 26.7 Å². The summed E-state index contributed by atoms with van der Waals surface area (Å²) in [5, 5.41) is 0. The lowest BCUT2D eigenvalue weighted by Crippen LogP contribution is -2.42. The molecule has 14 heavy (non-hydrogen) atoms. The second-order valence-electron chi connectivity index (χ2n) is 3.94. The maximum atomic E-state index is 12.1. The Bertz CT molecular complexity index is 197. The molecule has 1 heterocycles. The summed E-state index contributed by atoms with van der Waals surface area (Å²) in [5.41, 5.74) is -0.604.